The highest BCUT2D eigenvalue weighted by Crippen LogP contribution is 2.49. The zero-order valence-corrected chi connectivity index (χ0v) is 14.4. The number of carbonyl (C=O) groups excluding carboxylic acids is 1. The van der Waals surface area contributed by atoms with Gasteiger partial charge in [0.25, 0.3) is 0 Å². The minimum absolute atomic E-state index is 0.0305. The highest BCUT2D eigenvalue weighted by atomic mass is 35.5. The van der Waals surface area contributed by atoms with E-state index < -0.39 is 0 Å². The van der Waals surface area contributed by atoms with Crippen LogP contribution >= 0.6 is 11.6 Å². The molecule has 0 spiro atoms. The van der Waals surface area contributed by atoms with Gasteiger partial charge in [-0.1, -0.05) is 29.3 Å². The van der Waals surface area contributed by atoms with Crippen LogP contribution in [0.2, 0.25) is 5.02 Å². The van der Waals surface area contributed by atoms with Crippen molar-refractivity contribution in [3.63, 3.8) is 0 Å². The average Bonchev–Trinajstić information content (AvgIpc) is 3.37. The molecule has 3 rings (SSSR count). The summed E-state index contributed by atoms with van der Waals surface area (Å²) < 4.78 is 5.65. The molecule has 24 heavy (non-hydrogen) atoms. The van der Waals surface area contributed by atoms with E-state index in [2.05, 4.69) is 10.3 Å². The van der Waals surface area contributed by atoms with Gasteiger partial charge < -0.3 is 10.1 Å². The Morgan fingerprint density at radius 3 is 2.88 bits per heavy atom. The number of hydrogen-bond acceptors (Lipinski definition) is 3. The van der Waals surface area contributed by atoms with Gasteiger partial charge in [-0.2, -0.15) is 0 Å². The number of nitrogens with zero attached hydrogens (tertiary/aromatic N) is 1. The van der Waals surface area contributed by atoms with Gasteiger partial charge >= 0.3 is 0 Å². The number of aromatic nitrogens is 1. The lowest BCUT2D eigenvalue weighted by Crippen LogP contribution is -2.27. The lowest BCUT2D eigenvalue weighted by Gasteiger charge is -2.08. The van der Waals surface area contributed by atoms with Crippen molar-refractivity contribution in [2.75, 3.05) is 13.2 Å². The molecule has 126 valence electrons. The zero-order chi connectivity index (χ0) is 16.9. The number of amides is 1. The zero-order valence-electron chi connectivity index (χ0n) is 13.7. The van der Waals surface area contributed by atoms with E-state index in [9.17, 15) is 4.79 Å². The summed E-state index contributed by atoms with van der Waals surface area (Å²) in [4.78, 5) is 16.1. The van der Waals surface area contributed by atoms with E-state index in [0.29, 0.717) is 18.2 Å². The second-order valence-corrected chi connectivity index (χ2v) is 6.56. The molecule has 1 heterocycles. The number of carbonyl (C=O) groups is 1. The first-order valence-corrected chi connectivity index (χ1v) is 8.59. The first-order chi connectivity index (χ1) is 11.6. The molecule has 1 saturated carbocycles. The monoisotopic (exact) mass is 344 g/mol. The van der Waals surface area contributed by atoms with Gasteiger partial charge in [0.15, 0.2) is 0 Å². The molecule has 2 aromatic rings. The largest absolute Gasteiger partial charge is 0.494 e. The van der Waals surface area contributed by atoms with Gasteiger partial charge in [0.2, 0.25) is 5.91 Å². The Kier molecular flexibility index (Phi) is 5.36. The van der Waals surface area contributed by atoms with E-state index in [0.717, 1.165) is 24.2 Å². The molecular formula is C19H21ClN2O2. The Bertz CT molecular complexity index is 703. The molecule has 1 aromatic carbocycles. The molecule has 0 saturated heterocycles. The summed E-state index contributed by atoms with van der Waals surface area (Å²) >= 11 is 6.13. The first-order valence-electron chi connectivity index (χ1n) is 8.22. The van der Waals surface area contributed by atoms with E-state index in [-0.39, 0.29) is 17.7 Å². The van der Waals surface area contributed by atoms with Crippen LogP contribution in [0.25, 0.3) is 0 Å². The molecule has 2 atom stereocenters. The van der Waals surface area contributed by atoms with Crippen molar-refractivity contribution in [3.05, 3.63) is 58.9 Å². The quantitative estimate of drug-likeness (QED) is 0.778. The summed E-state index contributed by atoms with van der Waals surface area (Å²) in [6, 6.07) is 9.86. The van der Waals surface area contributed by atoms with Gasteiger partial charge in [-0.25, -0.2) is 0 Å². The Labute approximate surface area is 147 Å². The number of aryl methyl sites for hydroxylation is 1. The van der Waals surface area contributed by atoms with Crippen molar-refractivity contribution in [2.45, 2.75) is 25.7 Å². The summed E-state index contributed by atoms with van der Waals surface area (Å²) in [6.07, 6.45) is 4.99. The summed E-state index contributed by atoms with van der Waals surface area (Å²) in [5, 5.41) is 3.62. The topological polar surface area (TPSA) is 51.2 Å². The number of nitrogens with one attached hydrogen (secondary N) is 1. The molecule has 5 heteroatoms. The Morgan fingerprint density at radius 2 is 2.12 bits per heavy atom. The smallest absolute Gasteiger partial charge is 0.223 e. The van der Waals surface area contributed by atoms with Crippen molar-refractivity contribution in [2.24, 2.45) is 5.92 Å². The normalized spacial score (nSPS) is 18.9. The third-order valence-corrected chi connectivity index (χ3v) is 4.56. The number of pyridine rings is 1. The third-order valence-electron chi connectivity index (χ3n) is 4.24. The molecule has 1 aromatic heterocycles. The lowest BCUT2D eigenvalue weighted by molar-refractivity contribution is -0.122. The summed E-state index contributed by atoms with van der Waals surface area (Å²) in [5.41, 5.74) is 2.23. The summed E-state index contributed by atoms with van der Waals surface area (Å²) in [7, 11) is 0. The van der Waals surface area contributed by atoms with Gasteiger partial charge in [-0.15, -0.1) is 0 Å². The maximum Gasteiger partial charge on any atom is 0.223 e. The fraction of sp³-hybridized carbons (Fsp3) is 0.368. The minimum atomic E-state index is 0.0305. The molecule has 1 aliphatic carbocycles. The van der Waals surface area contributed by atoms with Crippen LogP contribution in [0.3, 0.4) is 0 Å². The van der Waals surface area contributed by atoms with E-state index in [1.54, 1.807) is 12.4 Å². The van der Waals surface area contributed by atoms with Crippen LogP contribution in [0.15, 0.2) is 42.7 Å². The van der Waals surface area contributed by atoms with Crippen LogP contribution in [0.5, 0.6) is 5.75 Å². The maximum absolute atomic E-state index is 12.2. The van der Waals surface area contributed by atoms with Gasteiger partial charge in [0.1, 0.15) is 5.75 Å². The number of benzene rings is 1. The predicted molar refractivity (Wildman–Crippen MR) is 94.4 cm³/mol. The average molecular weight is 345 g/mol. The molecule has 1 fully saturated rings. The van der Waals surface area contributed by atoms with Crippen LogP contribution in [0, 0.1) is 12.8 Å². The molecule has 0 bridgehead atoms. The number of halogens is 1. The van der Waals surface area contributed by atoms with E-state index in [4.69, 9.17) is 16.3 Å². The van der Waals surface area contributed by atoms with Gasteiger partial charge in [-0.3, -0.25) is 9.78 Å². The molecule has 0 radical (unpaired) electrons. The van der Waals surface area contributed by atoms with Crippen molar-refractivity contribution >= 4 is 17.5 Å². The molecule has 0 aliphatic heterocycles. The van der Waals surface area contributed by atoms with Gasteiger partial charge in [0.05, 0.1) is 11.6 Å². The van der Waals surface area contributed by atoms with Gasteiger partial charge in [-0.05, 0) is 49.4 Å². The Hall–Kier alpha value is -2.07. The van der Waals surface area contributed by atoms with Crippen molar-refractivity contribution in [3.8, 4) is 5.75 Å². The highest BCUT2D eigenvalue weighted by molar-refractivity contribution is 6.31. The van der Waals surface area contributed by atoms with Crippen molar-refractivity contribution < 1.29 is 9.53 Å². The van der Waals surface area contributed by atoms with Crippen molar-refractivity contribution in [1.82, 2.24) is 10.3 Å². The maximum atomic E-state index is 12.2. The predicted octanol–water partition coefficient (Wildman–Crippen LogP) is 3.73. The van der Waals surface area contributed by atoms with Gasteiger partial charge in [0, 0.05) is 24.9 Å². The van der Waals surface area contributed by atoms with E-state index in [1.165, 1.54) is 5.56 Å². The first kappa shape index (κ1) is 16.8. The molecular weight excluding hydrogens is 324 g/mol. The third kappa shape index (κ3) is 4.26. The van der Waals surface area contributed by atoms with Crippen molar-refractivity contribution in [1.29, 1.82) is 0 Å². The molecule has 4 nitrogen and oxygen atoms in total. The molecule has 1 amide bonds. The second-order valence-electron chi connectivity index (χ2n) is 6.15. The lowest BCUT2D eigenvalue weighted by atomic mass is 10.1. The van der Waals surface area contributed by atoms with E-state index >= 15 is 0 Å². The number of hydrogen-bond donors (Lipinski definition) is 1. The minimum Gasteiger partial charge on any atom is -0.494 e. The number of ether oxygens (including phenoxy) is 1. The van der Waals surface area contributed by atoms with Crippen LogP contribution in [0.4, 0.5) is 0 Å². The number of rotatable bonds is 7. The fourth-order valence-corrected chi connectivity index (χ4v) is 3.01. The fourth-order valence-electron chi connectivity index (χ4n) is 2.75. The highest BCUT2D eigenvalue weighted by Gasteiger charge is 2.44. The Balaban J connectivity index is 1.35. The second kappa shape index (κ2) is 7.67. The Morgan fingerprint density at radius 1 is 1.33 bits per heavy atom. The molecule has 0 unspecified atom stereocenters. The molecule has 1 N–H and O–H groups in total. The standard InChI is InChI=1S/C19H21ClN2O2/c1-13-3-5-14(6-4-13)24-10-2-8-22-19(23)17-11-16(17)15-7-9-21-12-18(15)20/h3-7,9,12,16-17H,2,8,10-11H2,1H3,(H,22,23)/t16-,17+/m0/s1. The molecule has 1 aliphatic rings. The van der Waals surface area contributed by atoms with Crippen LogP contribution in [-0.4, -0.2) is 24.0 Å². The van der Waals surface area contributed by atoms with Crippen LogP contribution in [0.1, 0.15) is 29.9 Å². The summed E-state index contributed by atoms with van der Waals surface area (Å²) in [5.74, 6) is 1.22. The van der Waals surface area contributed by atoms with Crippen LogP contribution in [-0.2, 0) is 4.79 Å². The van der Waals surface area contributed by atoms with E-state index in [1.807, 2.05) is 37.3 Å². The summed E-state index contributed by atoms with van der Waals surface area (Å²) in [6.45, 7) is 3.26. The van der Waals surface area contributed by atoms with Crippen LogP contribution < -0.4 is 10.1 Å². The SMILES string of the molecule is Cc1ccc(OCCCNC(=O)[C@@H]2C[C@H]2c2ccncc2Cl)cc1.